The largest absolute Gasteiger partial charge is 0.338 e. The Morgan fingerprint density at radius 2 is 1.87 bits per heavy atom. The first-order valence-corrected chi connectivity index (χ1v) is 11.3. The van der Waals surface area contributed by atoms with Crippen LogP contribution in [0.3, 0.4) is 0 Å². The van der Waals surface area contributed by atoms with Crippen molar-refractivity contribution in [2.24, 2.45) is 11.8 Å². The summed E-state index contributed by atoms with van der Waals surface area (Å²) in [7, 11) is 0. The minimum Gasteiger partial charge on any atom is -0.338 e. The number of hydrogen-bond donors (Lipinski definition) is 1. The van der Waals surface area contributed by atoms with Crippen molar-refractivity contribution in [3.63, 3.8) is 0 Å². The highest BCUT2D eigenvalue weighted by atomic mass is 16.2. The molecule has 2 atom stereocenters. The molecule has 1 saturated carbocycles. The van der Waals surface area contributed by atoms with E-state index in [9.17, 15) is 14.4 Å². The molecule has 0 unspecified atom stereocenters. The normalized spacial score (nSPS) is 23.2. The summed E-state index contributed by atoms with van der Waals surface area (Å²) < 4.78 is 1.82. The van der Waals surface area contributed by atoms with Gasteiger partial charge in [0.2, 0.25) is 5.91 Å². The molecule has 2 bridgehead atoms. The van der Waals surface area contributed by atoms with Crippen molar-refractivity contribution in [2.75, 3.05) is 18.4 Å². The van der Waals surface area contributed by atoms with Crippen LogP contribution in [0.15, 0.2) is 41.5 Å². The number of rotatable bonds is 3. The molecule has 3 aliphatic rings. The molecule has 0 aromatic carbocycles. The average Bonchev–Trinajstić information content (AvgIpc) is 2.81. The number of carbonyl (C=O) groups excluding carboxylic acids is 2. The van der Waals surface area contributed by atoms with Crippen LogP contribution in [0.25, 0.3) is 0 Å². The second-order valence-corrected chi connectivity index (χ2v) is 9.16. The number of amides is 2. The Morgan fingerprint density at radius 3 is 2.65 bits per heavy atom. The molecule has 162 valence electrons. The predicted molar refractivity (Wildman–Crippen MR) is 117 cm³/mol. The van der Waals surface area contributed by atoms with E-state index >= 15 is 0 Å². The van der Waals surface area contributed by atoms with Gasteiger partial charge in [0.05, 0.1) is 5.56 Å². The maximum Gasteiger partial charge on any atom is 0.274 e. The summed E-state index contributed by atoms with van der Waals surface area (Å²) in [5.41, 5.74) is 1.81. The van der Waals surface area contributed by atoms with E-state index in [1.54, 1.807) is 30.6 Å². The van der Waals surface area contributed by atoms with Gasteiger partial charge in [0.25, 0.3) is 11.5 Å². The fourth-order valence-corrected chi connectivity index (χ4v) is 5.48. The first-order valence-electron chi connectivity index (χ1n) is 11.3. The highest BCUT2D eigenvalue weighted by Crippen LogP contribution is 2.36. The second kappa shape index (κ2) is 8.29. The van der Waals surface area contributed by atoms with Crippen LogP contribution >= 0.6 is 0 Å². The van der Waals surface area contributed by atoms with E-state index in [2.05, 4.69) is 10.3 Å². The third kappa shape index (κ3) is 3.89. The summed E-state index contributed by atoms with van der Waals surface area (Å²) in [6.45, 7) is 1.81. The van der Waals surface area contributed by atoms with Crippen LogP contribution in [0.1, 0.15) is 60.5 Å². The average molecular weight is 421 g/mol. The summed E-state index contributed by atoms with van der Waals surface area (Å²) in [6, 6.07) is 7.27. The number of nitrogens with zero attached hydrogens (tertiary/aromatic N) is 3. The maximum atomic E-state index is 13.2. The zero-order chi connectivity index (χ0) is 21.4. The molecule has 7 heteroatoms. The van der Waals surface area contributed by atoms with Crippen molar-refractivity contribution in [3.8, 4) is 0 Å². The number of anilines is 1. The molecule has 2 fully saturated rings. The lowest BCUT2D eigenvalue weighted by Crippen LogP contribution is -2.49. The van der Waals surface area contributed by atoms with Gasteiger partial charge in [0, 0.05) is 49.6 Å². The fraction of sp³-hybridized carbons (Fsp3) is 0.500. The minimum atomic E-state index is -0.122. The zero-order valence-electron chi connectivity index (χ0n) is 17.6. The molecular formula is C24H28N4O3. The topological polar surface area (TPSA) is 84.3 Å². The summed E-state index contributed by atoms with van der Waals surface area (Å²) in [6.07, 6.45) is 9.41. The molecule has 4 heterocycles. The van der Waals surface area contributed by atoms with Crippen LogP contribution < -0.4 is 10.9 Å². The summed E-state index contributed by atoms with van der Waals surface area (Å²) in [4.78, 5) is 44.6. The Morgan fingerprint density at radius 1 is 1.03 bits per heavy atom. The quantitative estimate of drug-likeness (QED) is 0.827. The van der Waals surface area contributed by atoms with Crippen molar-refractivity contribution >= 4 is 17.5 Å². The molecule has 1 saturated heterocycles. The molecule has 31 heavy (non-hydrogen) atoms. The van der Waals surface area contributed by atoms with Gasteiger partial charge >= 0.3 is 0 Å². The Kier molecular flexibility index (Phi) is 5.34. The van der Waals surface area contributed by atoms with E-state index in [0.717, 1.165) is 37.8 Å². The van der Waals surface area contributed by atoms with Crippen LogP contribution in [-0.2, 0) is 11.3 Å². The number of carbonyl (C=O) groups is 2. The lowest BCUT2D eigenvalue weighted by molar-refractivity contribution is -0.120. The molecule has 2 amide bonds. The van der Waals surface area contributed by atoms with Gasteiger partial charge < -0.3 is 14.8 Å². The van der Waals surface area contributed by atoms with E-state index in [-0.39, 0.29) is 35.1 Å². The molecule has 2 aromatic heterocycles. The van der Waals surface area contributed by atoms with Crippen LogP contribution in [0.5, 0.6) is 0 Å². The monoisotopic (exact) mass is 420 g/mol. The van der Waals surface area contributed by atoms with Crippen LogP contribution in [0.4, 0.5) is 5.69 Å². The van der Waals surface area contributed by atoms with Crippen molar-refractivity contribution in [3.05, 3.63) is 58.3 Å². The molecule has 2 aromatic rings. The highest BCUT2D eigenvalue weighted by molar-refractivity contribution is 5.94. The molecule has 1 aliphatic carbocycles. The van der Waals surface area contributed by atoms with E-state index < -0.39 is 0 Å². The van der Waals surface area contributed by atoms with Gasteiger partial charge in [-0.05, 0) is 49.4 Å². The van der Waals surface area contributed by atoms with Gasteiger partial charge in [0.15, 0.2) is 0 Å². The van der Waals surface area contributed by atoms with Crippen LogP contribution in [-0.4, -0.2) is 39.4 Å². The van der Waals surface area contributed by atoms with Gasteiger partial charge in [-0.1, -0.05) is 19.3 Å². The van der Waals surface area contributed by atoms with Crippen molar-refractivity contribution in [1.29, 1.82) is 0 Å². The van der Waals surface area contributed by atoms with Crippen LogP contribution in [0.2, 0.25) is 0 Å². The Bertz CT molecular complexity index is 1040. The third-order valence-corrected chi connectivity index (χ3v) is 7.03. The standard InChI is InChI=1S/C24H28N4O3/c29-22(17-5-2-1-3-6-17)26-20-8-9-21-19-11-16(14-28(21)24(20)31)13-27(15-19)23(30)18-7-4-10-25-12-18/h4,7-10,12,16-17,19H,1-3,5-6,11,13-15H2,(H,26,29)/t16-,19+/m0/s1. The summed E-state index contributed by atoms with van der Waals surface area (Å²) >= 11 is 0. The Balaban J connectivity index is 1.35. The lowest BCUT2D eigenvalue weighted by Gasteiger charge is -2.42. The van der Waals surface area contributed by atoms with Gasteiger partial charge in [-0.15, -0.1) is 0 Å². The number of aromatic nitrogens is 2. The molecule has 0 spiro atoms. The number of hydrogen-bond acceptors (Lipinski definition) is 4. The first-order chi connectivity index (χ1) is 15.1. The molecular weight excluding hydrogens is 392 g/mol. The molecule has 5 rings (SSSR count). The van der Waals surface area contributed by atoms with E-state index in [1.807, 2.05) is 15.5 Å². The number of nitrogens with one attached hydrogen (secondary N) is 1. The molecule has 1 N–H and O–H groups in total. The predicted octanol–water partition coefficient (Wildman–Crippen LogP) is 3.02. The zero-order valence-corrected chi connectivity index (χ0v) is 17.6. The van der Waals surface area contributed by atoms with E-state index in [4.69, 9.17) is 0 Å². The maximum absolute atomic E-state index is 13.2. The van der Waals surface area contributed by atoms with Crippen molar-refractivity contribution in [2.45, 2.75) is 51.0 Å². The summed E-state index contributed by atoms with van der Waals surface area (Å²) in [5, 5.41) is 2.90. The second-order valence-electron chi connectivity index (χ2n) is 9.16. The number of pyridine rings is 2. The SMILES string of the molecule is O=C(Nc1ccc2n(c1=O)C[C@H]1C[C@@H]2CN(C(=O)c2cccnc2)C1)C1CCCCC1. The van der Waals surface area contributed by atoms with Gasteiger partial charge in [-0.25, -0.2) is 0 Å². The number of likely N-dealkylation sites (tertiary alicyclic amines) is 1. The third-order valence-electron chi connectivity index (χ3n) is 7.03. The fourth-order valence-electron chi connectivity index (χ4n) is 5.48. The first kappa shape index (κ1) is 20.0. The van der Waals surface area contributed by atoms with E-state index in [0.29, 0.717) is 30.9 Å². The van der Waals surface area contributed by atoms with Crippen molar-refractivity contribution in [1.82, 2.24) is 14.5 Å². The minimum absolute atomic E-state index is 0.00466. The lowest BCUT2D eigenvalue weighted by atomic mass is 9.83. The number of piperidine rings is 1. The Labute approximate surface area is 181 Å². The smallest absolute Gasteiger partial charge is 0.274 e. The summed E-state index contributed by atoms with van der Waals surface area (Å²) in [5.74, 6) is 0.343. The van der Waals surface area contributed by atoms with Gasteiger partial charge in [-0.2, -0.15) is 0 Å². The van der Waals surface area contributed by atoms with Crippen molar-refractivity contribution < 1.29 is 9.59 Å². The Hall–Kier alpha value is -2.96. The van der Waals surface area contributed by atoms with Crippen LogP contribution in [0, 0.1) is 11.8 Å². The van der Waals surface area contributed by atoms with E-state index in [1.165, 1.54) is 6.42 Å². The molecule has 2 aliphatic heterocycles. The van der Waals surface area contributed by atoms with Gasteiger partial charge in [-0.3, -0.25) is 19.4 Å². The molecule has 7 nitrogen and oxygen atoms in total. The highest BCUT2D eigenvalue weighted by Gasteiger charge is 2.37. The van der Waals surface area contributed by atoms with Gasteiger partial charge in [0.1, 0.15) is 5.69 Å². The number of fused-ring (bicyclic) bond motifs is 4. The molecule has 0 radical (unpaired) electrons.